The molecule has 2 aromatic carbocycles. The van der Waals surface area contributed by atoms with Gasteiger partial charge in [0, 0.05) is 24.6 Å². The van der Waals surface area contributed by atoms with Crippen LogP contribution in [0.4, 0.5) is 9.18 Å². The summed E-state index contributed by atoms with van der Waals surface area (Å²) in [5.41, 5.74) is 1.92. The van der Waals surface area contributed by atoms with E-state index in [4.69, 9.17) is 11.6 Å². The van der Waals surface area contributed by atoms with Crippen LogP contribution in [0.3, 0.4) is 0 Å². The second-order valence-electron chi connectivity index (χ2n) is 5.21. The number of urea groups is 1. The van der Waals surface area contributed by atoms with Crippen molar-refractivity contribution in [2.24, 2.45) is 0 Å². The van der Waals surface area contributed by atoms with Crippen LogP contribution in [0, 0.1) is 5.82 Å². The second kappa shape index (κ2) is 8.31. The molecule has 0 bridgehead atoms. The fourth-order valence-corrected chi connectivity index (χ4v) is 2.48. The van der Waals surface area contributed by atoms with Gasteiger partial charge in [-0.2, -0.15) is 0 Å². The van der Waals surface area contributed by atoms with Crippen molar-refractivity contribution in [1.29, 1.82) is 0 Å². The van der Waals surface area contributed by atoms with E-state index in [1.807, 2.05) is 24.3 Å². The third kappa shape index (κ3) is 5.52. The number of hydrogen-bond acceptors (Lipinski definition) is 1. The molecule has 0 spiro atoms. The maximum atomic E-state index is 13.1. The zero-order valence-corrected chi connectivity index (χ0v) is 15.0. The van der Waals surface area contributed by atoms with Gasteiger partial charge in [0.15, 0.2) is 0 Å². The van der Waals surface area contributed by atoms with Crippen LogP contribution in [-0.4, -0.2) is 24.5 Å². The normalized spacial score (nSPS) is 10.4. The Labute approximate surface area is 148 Å². The molecule has 0 aliphatic carbocycles. The van der Waals surface area contributed by atoms with Crippen molar-refractivity contribution in [3.63, 3.8) is 0 Å². The summed E-state index contributed by atoms with van der Waals surface area (Å²) in [5, 5.41) is 2.85. The number of amides is 2. The lowest BCUT2D eigenvalue weighted by Crippen LogP contribution is -2.37. The number of hydrogen-bond donors (Lipinski definition) is 1. The first-order chi connectivity index (χ1) is 11.0. The molecule has 6 heteroatoms. The van der Waals surface area contributed by atoms with Gasteiger partial charge in [0.05, 0.1) is 5.02 Å². The Hall–Kier alpha value is -1.59. The zero-order valence-electron chi connectivity index (χ0n) is 12.7. The van der Waals surface area contributed by atoms with Crippen LogP contribution in [-0.2, 0) is 13.0 Å². The van der Waals surface area contributed by atoms with Crippen LogP contribution in [0.5, 0.6) is 0 Å². The van der Waals surface area contributed by atoms with E-state index >= 15 is 0 Å². The number of rotatable bonds is 5. The van der Waals surface area contributed by atoms with Crippen molar-refractivity contribution in [1.82, 2.24) is 10.2 Å². The summed E-state index contributed by atoms with van der Waals surface area (Å²) < 4.78 is 14.1. The minimum Gasteiger partial charge on any atom is -0.334 e. The molecule has 0 fully saturated rings. The minimum absolute atomic E-state index is 0.0559. The second-order valence-corrected chi connectivity index (χ2v) is 6.53. The molecule has 0 atom stereocenters. The summed E-state index contributed by atoms with van der Waals surface area (Å²) in [6, 6.07) is 12.2. The summed E-state index contributed by atoms with van der Waals surface area (Å²) in [7, 11) is 1.74. The quantitative estimate of drug-likeness (QED) is 0.781. The molecule has 2 aromatic rings. The first-order valence-electron chi connectivity index (χ1n) is 7.13. The van der Waals surface area contributed by atoms with Gasteiger partial charge in [-0.05, 0) is 41.8 Å². The van der Waals surface area contributed by atoms with Crippen LogP contribution >= 0.6 is 27.5 Å². The van der Waals surface area contributed by atoms with E-state index in [0.29, 0.717) is 13.1 Å². The van der Waals surface area contributed by atoms with E-state index in [-0.39, 0.29) is 11.1 Å². The molecule has 2 amide bonds. The van der Waals surface area contributed by atoms with Crippen LogP contribution < -0.4 is 5.32 Å². The first kappa shape index (κ1) is 17.8. The molecule has 0 heterocycles. The van der Waals surface area contributed by atoms with Gasteiger partial charge in [0.25, 0.3) is 0 Å². The van der Waals surface area contributed by atoms with Crippen molar-refractivity contribution in [2.45, 2.75) is 13.0 Å². The van der Waals surface area contributed by atoms with Gasteiger partial charge < -0.3 is 10.2 Å². The van der Waals surface area contributed by atoms with E-state index in [9.17, 15) is 9.18 Å². The SMILES string of the molecule is CN(CCc1ccc(Br)cc1)C(=O)NCc1ccc(F)c(Cl)c1. The average molecular weight is 400 g/mol. The molecule has 0 aliphatic heterocycles. The van der Waals surface area contributed by atoms with Gasteiger partial charge in [-0.1, -0.05) is 45.7 Å². The number of nitrogens with one attached hydrogen (secondary N) is 1. The summed E-state index contributed by atoms with van der Waals surface area (Å²) in [6.45, 7) is 0.916. The molecule has 23 heavy (non-hydrogen) atoms. The smallest absolute Gasteiger partial charge is 0.317 e. The van der Waals surface area contributed by atoms with Crippen LogP contribution in [0.25, 0.3) is 0 Å². The number of carbonyl (C=O) groups is 1. The predicted octanol–water partition coefficient (Wildman–Crippen LogP) is 4.63. The molecular weight excluding hydrogens is 383 g/mol. The van der Waals surface area contributed by atoms with Gasteiger partial charge in [0.1, 0.15) is 5.82 Å². The Balaban J connectivity index is 1.80. The molecular formula is C17H17BrClFN2O. The summed E-state index contributed by atoms with van der Waals surface area (Å²) >= 11 is 9.11. The molecule has 0 unspecified atom stereocenters. The molecule has 0 aliphatic rings. The molecule has 0 aromatic heterocycles. The highest BCUT2D eigenvalue weighted by molar-refractivity contribution is 9.10. The van der Waals surface area contributed by atoms with Gasteiger partial charge in [0.2, 0.25) is 0 Å². The lowest BCUT2D eigenvalue weighted by Gasteiger charge is -2.18. The first-order valence-corrected chi connectivity index (χ1v) is 8.30. The fraction of sp³-hybridized carbons (Fsp3) is 0.235. The Morgan fingerprint density at radius 3 is 2.52 bits per heavy atom. The van der Waals surface area contributed by atoms with Crippen molar-refractivity contribution in [3.05, 3.63) is 68.9 Å². The highest BCUT2D eigenvalue weighted by Crippen LogP contribution is 2.16. The Morgan fingerprint density at radius 1 is 1.22 bits per heavy atom. The summed E-state index contributed by atoms with van der Waals surface area (Å²) in [6.07, 6.45) is 0.777. The van der Waals surface area contributed by atoms with Gasteiger partial charge in [-0.25, -0.2) is 9.18 Å². The zero-order chi connectivity index (χ0) is 16.8. The van der Waals surface area contributed by atoms with Crippen molar-refractivity contribution in [3.8, 4) is 0 Å². The lowest BCUT2D eigenvalue weighted by atomic mass is 10.1. The topological polar surface area (TPSA) is 32.3 Å². The van der Waals surface area contributed by atoms with Crippen LogP contribution in [0.15, 0.2) is 46.9 Å². The highest BCUT2D eigenvalue weighted by atomic mass is 79.9. The number of likely N-dealkylation sites (N-methyl/N-ethyl adjacent to an activating group) is 1. The van der Waals surface area contributed by atoms with E-state index in [1.165, 1.54) is 12.1 Å². The lowest BCUT2D eigenvalue weighted by molar-refractivity contribution is 0.209. The Morgan fingerprint density at radius 2 is 1.87 bits per heavy atom. The van der Waals surface area contributed by atoms with Crippen LogP contribution in [0.2, 0.25) is 5.02 Å². The molecule has 0 saturated carbocycles. The number of nitrogens with zero attached hydrogens (tertiary/aromatic N) is 1. The van der Waals surface area contributed by atoms with E-state index < -0.39 is 5.82 Å². The molecule has 0 radical (unpaired) electrons. The van der Waals surface area contributed by atoms with Crippen molar-refractivity contribution >= 4 is 33.6 Å². The number of halogens is 3. The molecule has 122 valence electrons. The number of benzene rings is 2. The number of carbonyl (C=O) groups excluding carboxylic acids is 1. The molecule has 0 saturated heterocycles. The monoisotopic (exact) mass is 398 g/mol. The van der Waals surface area contributed by atoms with Crippen molar-refractivity contribution < 1.29 is 9.18 Å². The van der Waals surface area contributed by atoms with Gasteiger partial charge in [-0.3, -0.25) is 0 Å². The molecule has 2 rings (SSSR count). The Bertz CT molecular complexity index is 679. The molecule has 3 nitrogen and oxygen atoms in total. The van der Waals surface area contributed by atoms with E-state index in [0.717, 1.165) is 22.0 Å². The van der Waals surface area contributed by atoms with Gasteiger partial charge in [-0.15, -0.1) is 0 Å². The van der Waals surface area contributed by atoms with Crippen LogP contribution in [0.1, 0.15) is 11.1 Å². The highest BCUT2D eigenvalue weighted by Gasteiger charge is 2.09. The van der Waals surface area contributed by atoms with Gasteiger partial charge >= 0.3 is 6.03 Å². The fourth-order valence-electron chi connectivity index (χ4n) is 2.01. The maximum Gasteiger partial charge on any atom is 0.317 e. The van der Waals surface area contributed by atoms with E-state index in [1.54, 1.807) is 18.0 Å². The summed E-state index contributed by atoms with van der Waals surface area (Å²) in [4.78, 5) is 13.7. The third-order valence-electron chi connectivity index (χ3n) is 3.42. The van der Waals surface area contributed by atoms with E-state index in [2.05, 4.69) is 21.2 Å². The minimum atomic E-state index is -0.464. The third-order valence-corrected chi connectivity index (χ3v) is 4.24. The maximum absolute atomic E-state index is 13.1. The standard InChI is InChI=1S/C17H17BrClFN2O/c1-22(9-8-12-2-5-14(18)6-3-12)17(23)21-11-13-4-7-16(20)15(19)10-13/h2-7,10H,8-9,11H2,1H3,(H,21,23). The predicted molar refractivity (Wildman–Crippen MR) is 94.1 cm³/mol. The largest absolute Gasteiger partial charge is 0.334 e. The Kier molecular flexibility index (Phi) is 6.42. The summed E-state index contributed by atoms with van der Waals surface area (Å²) in [5.74, 6) is -0.464. The molecule has 1 N–H and O–H groups in total. The average Bonchev–Trinajstić information content (AvgIpc) is 2.54. The van der Waals surface area contributed by atoms with Crippen molar-refractivity contribution in [2.75, 3.05) is 13.6 Å².